The minimum Gasteiger partial charge on any atom is -0.340 e. The normalized spacial score (nSPS) is 17.1. The molecule has 1 aromatic heterocycles. The van der Waals surface area contributed by atoms with Crippen LogP contribution in [-0.4, -0.2) is 46.5 Å². The van der Waals surface area contributed by atoms with E-state index in [0.29, 0.717) is 5.69 Å². The Kier molecular flexibility index (Phi) is 2.49. The highest BCUT2D eigenvalue weighted by molar-refractivity contribution is 5.92. The summed E-state index contributed by atoms with van der Waals surface area (Å²) in [4.78, 5) is 17.7. The van der Waals surface area contributed by atoms with Crippen LogP contribution in [0.3, 0.4) is 0 Å². The second-order valence-electron chi connectivity index (χ2n) is 3.47. The van der Waals surface area contributed by atoms with E-state index in [1.807, 2.05) is 11.9 Å². The van der Waals surface area contributed by atoms with E-state index in [1.165, 1.54) is 0 Å². The number of nitrogens with one attached hydrogen (secondary N) is 1. The van der Waals surface area contributed by atoms with Crippen LogP contribution in [0.1, 0.15) is 10.5 Å². The topological polar surface area (TPSA) is 50.2 Å². The van der Waals surface area contributed by atoms with E-state index >= 15 is 0 Å². The van der Waals surface area contributed by atoms with Gasteiger partial charge >= 0.3 is 0 Å². The average Bonchev–Trinajstić information content (AvgIpc) is 2.65. The van der Waals surface area contributed by atoms with Crippen molar-refractivity contribution in [2.75, 3.05) is 26.2 Å². The zero-order valence-electron chi connectivity index (χ0n) is 8.23. The van der Waals surface area contributed by atoms with Gasteiger partial charge in [-0.05, 0) is 0 Å². The third-order valence-corrected chi connectivity index (χ3v) is 2.33. The van der Waals surface area contributed by atoms with Crippen LogP contribution in [0.25, 0.3) is 0 Å². The molecule has 1 fully saturated rings. The van der Waals surface area contributed by atoms with Crippen molar-refractivity contribution in [3.05, 3.63) is 18.2 Å². The average molecular weight is 194 g/mol. The molecule has 0 saturated carbocycles. The van der Waals surface area contributed by atoms with Gasteiger partial charge in [0, 0.05) is 39.4 Å². The molecule has 14 heavy (non-hydrogen) atoms. The molecule has 5 heteroatoms. The Morgan fingerprint density at radius 2 is 2.21 bits per heavy atom. The second kappa shape index (κ2) is 3.79. The van der Waals surface area contributed by atoms with Crippen molar-refractivity contribution in [3.63, 3.8) is 0 Å². The highest BCUT2D eigenvalue weighted by atomic mass is 16.2. The minimum absolute atomic E-state index is 0.0344. The number of aromatic nitrogens is 2. The van der Waals surface area contributed by atoms with Gasteiger partial charge in [-0.25, -0.2) is 4.98 Å². The molecule has 0 unspecified atom stereocenters. The monoisotopic (exact) mass is 194 g/mol. The summed E-state index contributed by atoms with van der Waals surface area (Å²) in [5.74, 6) is 0.0344. The minimum atomic E-state index is 0.0344. The van der Waals surface area contributed by atoms with Crippen LogP contribution in [0.5, 0.6) is 0 Å². The summed E-state index contributed by atoms with van der Waals surface area (Å²) in [6.07, 6.45) is 3.40. The number of imidazole rings is 1. The van der Waals surface area contributed by atoms with Gasteiger partial charge in [0.15, 0.2) is 0 Å². The van der Waals surface area contributed by atoms with Crippen LogP contribution in [0.15, 0.2) is 12.5 Å². The summed E-state index contributed by atoms with van der Waals surface area (Å²) < 4.78 is 1.79. The molecule has 0 aliphatic carbocycles. The highest BCUT2D eigenvalue weighted by Gasteiger charge is 2.19. The molecule has 0 atom stereocenters. The van der Waals surface area contributed by atoms with Gasteiger partial charge in [-0.1, -0.05) is 0 Å². The molecule has 0 radical (unpaired) electrons. The number of amides is 1. The first-order chi connectivity index (χ1) is 6.77. The first-order valence-corrected chi connectivity index (χ1v) is 4.75. The van der Waals surface area contributed by atoms with E-state index in [0.717, 1.165) is 26.2 Å². The maximum atomic E-state index is 11.8. The van der Waals surface area contributed by atoms with Crippen molar-refractivity contribution in [2.24, 2.45) is 7.05 Å². The predicted octanol–water partition coefficient (Wildman–Crippen LogP) is -0.534. The van der Waals surface area contributed by atoms with Crippen LogP contribution < -0.4 is 5.32 Å². The van der Waals surface area contributed by atoms with Gasteiger partial charge in [0.25, 0.3) is 5.91 Å². The lowest BCUT2D eigenvalue weighted by molar-refractivity contribution is 0.0730. The molecular weight excluding hydrogens is 180 g/mol. The lowest BCUT2D eigenvalue weighted by Gasteiger charge is -2.26. The van der Waals surface area contributed by atoms with E-state index < -0.39 is 0 Å². The summed E-state index contributed by atoms with van der Waals surface area (Å²) in [5, 5.41) is 3.21. The Balaban J connectivity index is 2.07. The van der Waals surface area contributed by atoms with Gasteiger partial charge in [-0.2, -0.15) is 0 Å². The molecule has 76 valence electrons. The number of aryl methyl sites for hydroxylation is 1. The molecule has 1 aliphatic rings. The number of hydrogen-bond acceptors (Lipinski definition) is 3. The van der Waals surface area contributed by atoms with E-state index in [2.05, 4.69) is 10.3 Å². The third kappa shape index (κ3) is 1.77. The fourth-order valence-electron chi connectivity index (χ4n) is 1.55. The molecular formula is C9H14N4O. The Bertz CT molecular complexity index is 327. The fraction of sp³-hybridized carbons (Fsp3) is 0.556. The summed E-state index contributed by atoms with van der Waals surface area (Å²) in [6, 6.07) is 0. The molecule has 2 rings (SSSR count). The Morgan fingerprint density at radius 1 is 1.50 bits per heavy atom. The van der Waals surface area contributed by atoms with E-state index in [4.69, 9.17) is 0 Å². The summed E-state index contributed by atoms with van der Waals surface area (Å²) in [7, 11) is 1.86. The number of rotatable bonds is 1. The van der Waals surface area contributed by atoms with Crippen LogP contribution in [-0.2, 0) is 7.05 Å². The Labute approximate surface area is 82.7 Å². The molecule has 0 aromatic carbocycles. The third-order valence-electron chi connectivity index (χ3n) is 2.33. The number of hydrogen-bond donors (Lipinski definition) is 1. The molecule has 0 spiro atoms. The SMILES string of the molecule is Cn1cnc(C(=O)N2CCNCC2)c1. The van der Waals surface area contributed by atoms with Crippen molar-refractivity contribution in [1.82, 2.24) is 19.8 Å². The van der Waals surface area contributed by atoms with E-state index in [-0.39, 0.29) is 5.91 Å². The molecule has 1 saturated heterocycles. The lowest BCUT2D eigenvalue weighted by atomic mass is 10.3. The molecule has 1 aliphatic heterocycles. The largest absolute Gasteiger partial charge is 0.340 e. The van der Waals surface area contributed by atoms with Gasteiger partial charge in [-0.15, -0.1) is 0 Å². The van der Waals surface area contributed by atoms with Gasteiger partial charge in [-0.3, -0.25) is 4.79 Å². The maximum absolute atomic E-state index is 11.8. The number of carbonyl (C=O) groups excluding carboxylic acids is 1. The lowest BCUT2D eigenvalue weighted by Crippen LogP contribution is -2.46. The summed E-state index contributed by atoms with van der Waals surface area (Å²) in [6.45, 7) is 3.29. The molecule has 1 aromatic rings. The van der Waals surface area contributed by atoms with Crippen molar-refractivity contribution < 1.29 is 4.79 Å². The van der Waals surface area contributed by atoms with Crippen molar-refractivity contribution in [1.29, 1.82) is 0 Å². The van der Waals surface area contributed by atoms with E-state index in [1.54, 1.807) is 17.1 Å². The van der Waals surface area contributed by atoms with E-state index in [9.17, 15) is 4.79 Å². The maximum Gasteiger partial charge on any atom is 0.274 e. The summed E-state index contributed by atoms with van der Waals surface area (Å²) in [5.41, 5.74) is 0.536. The van der Waals surface area contributed by atoms with Crippen LogP contribution in [0.2, 0.25) is 0 Å². The quantitative estimate of drug-likeness (QED) is 0.653. The zero-order valence-corrected chi connectivity index (χ0v) is 8.23. The van der Waals surface area contributed by atoms with Gasteiger partial charge < -0.3 is 14.8 Å². The predicted molar refractivity (Wildman–Crippen MR) is 52.0 cm³/mol. The number of piperazine rings is 1. The van der Waals surface area contributed by atoms with Crippen molar-refractivity contribution >= 4 is 5.91 Å². The van der Waals surface area contributed by atoms with Crippen LogP contribution >= 0.6 is 0 Å². The Morgan fingerprint density at radius 3 is 2.79 bits per heavy atom. The van der Waals surface area contributed by atoms with Crippen LogP contribution in [0, 0.1) is 0 Å². The first-order valence-electron chi connectivity index (χ1n) is 4.75. The van der Waals surface area contributed by atoms with Gasteiger partial charge in [0.2, 0.25) is 0 Å². The summed E-state index contributed by atoms with van der Waals surface area (Å²) >= 11 is 0. The molecule has 1 amide bonds. The molecule has 1 N–H and O–H groups in total. The van der Waals surface area contributed by atoms with Crippen molar-refractivity contribution in [3.8, 4) is 0 Å². The fourth-order valence-corrected chi connectivity index (χ4v) is 1.55. The highest BCUT2D eigenvalue weighted by Crippen LogP contribution is 2.02. The standard InChI is InChI=1S/C9H14N4O/c1-12-6-8(11-7-12)9(14)13-4-2-10-3-5-13/h6-7,10H,2-5H2,1H3. The zero-order chi connectivity index (χ0) is 9.97. The van der Waals surface area contributed by atoms with Gasteiger partial charge in [0.1, 0.15) is 5.69 Å². The molecule has 5 nitrogen and oxygen atoms in total. The van der Waals surface area contributed by atoms with Gasteiger partial charge in [0.05, 0.1) is 6.33 Å². The molecule has 0 bridgehead atoms. The smallest absolute Gasteiger partial charge is 0.274 e. The van der Waals surface area contributed by atoms with Crippen LogP contribution in [0.4, 0.5) is 0 Å². The van der Waals surface area contributed by atoms with Crippen molar-refractivity contribution in [2.45, 2.75) is 0 Å². The number of carbonyl (C=O) groups is 1. The first kappa shape index (κ1) is 9.21. The molecule has 2 heterocycles. The second-order valence-corrected chi connectivity index (χ2v) is 3.47. The number of nitrogens with zero attached hydrogens (tertiary/aromatic N) is 3. The Hall–Kier alpha value is -1.36.